The fourth-order valence-corrected chi connectivity index (χ4v) is 3.01. The van der Waals surface area contributed by atoms with Crippen LogP contribution in [-0.2, 0) is 0 Å². The standard InChI is InChI=1S/C12H24N2O3.ClH/c1-13-9-6-10(15)12(17,11(16)7-9)8-14-4-2-3-5-14;/h9-11,13,15-17H,2-8H2,1H3;1H/t9?,10-,11+,12?;. The van der Waals surface area contributed by atoms with Crippen molar-refractivity contribution in [3.8, 4) is 0 Å². The van der Waals surface area contributed by atoms with Gasteiger partial charge in [0.2, 0.25) is 0 Å². The Bertz CT molecular complexity index is 250. The van der Waals surface area contributed by atoms with Gasteiger partial charge in [-0.05, 0) is 45.8 Å². The minimum atomic E-state index is -1.36. The number of rotatable bonds is 3. The van der Waals surface area contributed by atoms with Gasteiger partial charge in [-0.3, -0.25) is 0 Å². The second-order valence-electron chi connectivity index (χ2n) is 5.46. The van der Waals surface area contributed by atoms with Crippen LogP contribution >= 0.6 is 12.4 Å². The highest BCUT2D eigenvalue weighted by atomic mass is 35.5. The van der Waals surface area contributed by atoms with E-state index in [1.807, 2.05) is 7.05 Å². The highest BCUT2D eigenvalue weighted by molar-refractivity contribution is 5.85. The Kier molecular flexibility index (Phi) is 5.83. The van der Waals surface area contributed by atoms with Gasteiger partial charge in [0.1, 0.15) is 5.60 Å². The minimum absolute atomic E-state index is 0. The van der Waals surface area contributed by atoms with E-state index in [2.05, 4.69) is 10.2 Å². The number of hydrogen-bond donors (Lipinski definition) is 4. The fourth-order valence-electron chi connectivity index (χ4n) is 3.01. The van der Waals surface area contributed by atoms with Crippen LogP contribution in [0.2, 0.25) is 0 Å². The van der Waals surface area contributed by atoms with E-state index in [0.29, 0.717) is 19.4 Å². The third-order valence-corrected chi connectivity index (χ3v) is 4.25. The lowest BCUT2D eigenvalue weighted by Crippen LogP contribution is -2.64. The summed E-state index contributed by atoms with van der Waals surface area (Å²) in [6.45, 7) is 2.29. The minimum Gasteiger partial charge on any atom is -0.390 e. The molecule has 4 atom stereocenters. The van der Waals surface area contributed by atoms with Crippen LogP contribution in [0.25, 0.3) is 0 Å². The maximum absolute atomic E-state index is 10.5. The topological polar surface area (TPSA) is 76.0 Å². The summed E-state index contributed by atoms with van der Waals surface area (Å²) in [5.74, 6) is 0. The van der Waals surface area contributed by atoms with Crippen LogP contribution in [0.4, 0.5) is 0 Å². The first-order valence-corrected chi connectivity index (χ1v) is 6.54. The predicted octanol–water partition coefficient (Wildman–Crippen LogP) is -0.661. The predicted molar refractivity (Wildman–Crippen MR) is 72.0 cm³/mol. The zero-order valence-corrected chi connectivity index (χ0v) is 11.7. The molecule has 2 unspecified atom stereocenters. The summed E-state index contributed by atoms with van der Waals surface area (Å²) < 4.78 is 0. The summed E-state index contributed by atoms with van der Waals surface area (Å²) in [7, 11) is 1.81. The molecule has 0 radical (unpaired) electrons. The molecule has 1 saturated carbocycles. The van der Waals surface area contributed by atoms with Gasteiger partial charge in [-0.15, -0.1) is 12.4 Å². The van der Waals surface area contributed by atoms with Crippen LogP contribution in [-0.4, -0.2) is 70.8 Å². The second kappa shape index (κ2) is 6.50. The van der Waals surface area contributed by atoms with Gasteiger partial charge in [-0.1, -0.05) is 0 Å². The summed E-state index contributed by atoms with van der Waals surface area (Å²) >= 11 is 0. The number of β-amino-alcohol motifs (C(OH)–C–C–N with tert-alkyl or cyclic N) is 1. The van der Waals surface area contributed by atoms with Crippen molar-refractivity contribution in [2.45, 2.75) is 49.5 Å². The zero-order valence-electron chi connectivity index (χ0n) is 10.9. The molecule has 0 aromatic carbocycles. The molecule has 1 saturated heterocycles. The molecule has 0 bridgehead atoms. The fraction of sp³-hybridized carbons (Fsp3) is 1.00. The molecule has 1 heterocycles. The number of aliphatic hydroxyl groups excluding tert-OH is 2. The maximum Gasteiger partial charge on any atom is 0.129 e. The Balaban J connectivity index is 0.00000162. The van der Waals surface area contributed by atoms with E-state index < -0.39 is 17.8 Å². The van der Waals surface area contributed by atoms with Crippen molar-refractivity contribution in [2.24, 2.45) is 0 Å². The van der Waals surface area contributed by atoms with Gasteiger partial charge in [-0.25, -0.2) is 0 Å². The molecule has 2 aliphatic rings. The van der Waals surface area contributed by atoms with Crippen LogP contribution < -0.4 is 5.32 Å². The molecule has 108 valence electrons. The lowest BCUT2D eigenvalue weighted by Gasteiger charge is -2.45. The molecule has 0 aromatic heterocycles. The molecule has 18 heavy (non-hydrogen) atoms. The van der Waals surface area contributed by atoms with Gasteiger partial charge in [0.15, 0.2) is 0 Å². The van der Waals surface area contributed by atoms with Crippen molar-refractivity contribution in [1.29, 1.82) is 0 Å². The second-order valence-corrected chi connectivity index (χ2v) is 5.46. The van der Waals surface area contributed by atoms with E-state index in [9.17, 15) is 15.3 Å². The first-order chi connectivity index (χ1) is 8.06. The first kappa shape index (κ1) is 16.1. The van der Waals surface area contributed by atoms with Crippen molar-refractivity contribution in [3.63, 3.8) is 0 Å². The summed E-state index contributed by atoms with van der Waals surface area (Å²) in [6, 6.07) is 0.0823. The molecule has 4 N–H and O–H groups in total. The molecule has 5 nitrogen and oxygen atoms in total. The third kappa shape index (κ3) is 3.15. The number of halogens is 1. The van der Waals surface area contributed by atoms with Gasteiger partial charge < -0.3 is 25.5 Å². The van der Waals surface area contributed by atoms with Gasteiger partial charge in [0.05, 0.1) is 12.2 Å². The Morgan fingerprint density at radius 2 is 1.67 bits per heavy atom. The molecule has 0 amide bonds. The number of aliphatic hydroxyl groups is 3. The Morgan fingerprint density at radius 1 is 1.17 bits per heavy atom. The molecule has 6 heteroatoms. The summed E-state index contributed by atoms with van der Waals surface area (Å²) in [4.78, 5) is 2.13. The summed E-state index contributed by atoms with van der Waals surface area (Å²) in [5.41, 5.74) is -1.36. The van der Waals surface area contributed by atoms with Crippen LogP contribution in [0.15, 0.2) is 0 Å². The van der Waals surface area contributed by atoms with E-state index in [4.69, 9.17) is 0 Å². The number of likely N-dealkylation sites (tertiary alicyclic amines) is 1. The quantitative estimate of drug-likeness (QED) is 0.552. The molecular weight excluding hydrogens is 256 g/mol. The van der Waals surface area contributed by atoms with E-state index in [0.717, 1.165) is 25.9 Å². The van der Waals surface area contributed by atoms with Crippen molar-refractivity contribution in [2.75, 3.05) is 26.7 Å². The third-order valence-electron chi connectivity index (χ3n) is 4.25. The van der Waals surface area contributed by atoms with Crippen LogP contribution in [0, 0.1) is 0 Å². The Morgan fingerprint density at radius 3 is 2.11 bits per heavy atom. The molecule has 1 aliphatic heterocycles. The van der Waals surface area contributed by atoms with Crippen molar-refractivity contribution in [3.05, 3.63) is 0 Å². The van der Waals surface area contributed by atoms with Crippen molar-refractivity contribution < 1.29 is 15.3 Å². The molecule has 1 aliphatic carbocycles. The van der Waals surface area contributed by atoms with E-state index in [1.54, 1.807) is 0 Å². The van der Waals surface area contributed by atoms with E-state index in [-0.39, 0.29) is 18.4 Å². The molecule has 2 fully saturated rings. The van der Waals surface area contributed by atoms with Crippen LogP contribution in [0.3, 0.4) is 0 Å². The van der Waals surface area contributed by atoms with E-state index >= 15 is 0 Å². The van der Waals surface area contributed by atoms with Gasteiger partial charge in [-0.2, -0.15) is 0 Å². The average Bonchev–Trinajstić information content (AvgIpc) is 2.78. The molecule has 0 spiro atoms. The normalized spacial score (nSPS) is 41.7. The van der Waals surface area contributed by atoms with Gasteiger partial charge >= 0.3 is 0 Å². The van der Waals surface area contributed by atoms with Gasteiger partial charge in [0, 0.05) is 12.6 Å². The molecule has 2 rings (SSSR count). The lowest BCUT2D eigenvalue weighted by atomic mass is 9.77. The highest BCUT2D eigenvalue weighted by Gasteiger charge is 2.48. The van der Waals surface area contributed by atoms with Crippen molar-refractivity contribution in [1.82, 2.24) is 10.2 Å². The Labute approximate surface area is 115 Å². The van der Waals surface area contributed by atoms with E-state index in [1.165, 1.54) is 0 Å². The largest absolute Gasteiger partial charge is 0.390 e. The number of nitrogens with zero attached hydrogens (tertiary/aromatic N) is 1. The number of hydrogen-bond acceptors (Lipinski definition) is 5. The average molecular weight is 281 g/mol. The van der Waals surface area contributed by atoms with Gasteiger partial charge in [0.25, 0.3) is 0 Å². The first-order valence-electron chi connectivity index (χ1n) is 6.54. The van der Waals surface area contributed by atoms with Crippen molar-refractivity contribution >= 4 is 12.4 Å². The molecular formula is C12H25ClN2O3. The smallest absolute Gasteiger partial charge is 0.129 e. The summed E-state index contributed by atoms with van der Waals surface area (Å²) in [5, 5.41) is 33.7. The van der Waals surface area contributed by atoms with Crippen LogP contribution in [0.5, 0.6) is 0 Å². The highest BCUT2D eigenvalue weighted by Crippen LogP contribution is 2.31. The zero-order chi connectivity index (χ0) is 12.5. The van der Waals surface area contributed by atoms with Crippen LogP contribution in [0.1, 0.15) is 25.7 Å². The summed E-state index contributed by atoms with van der Waals surface area (Å²) in [6.07, 6.45) is 1.56. The number of nitrogens with one attached hydrogen (secondary N) is 1. The molecule has 0 aromatic rings. The lowest BCUT2D eigenvalue weighted by molar-refractivity contribution is -0.180. The SMILES string of the molecule is CNC1C[C@@H](O)C(O)(CN2CCCC2)[C@@H](O)C1.Cl. The Hall–Kier alpha value is 0.0900. The monoisotopic (exact) mass is 280 g/mol. The maximum atomic E-state index is 10.5.